The molecule has 3 N–H and O–H groups in total. The summed E-state index contributed by atoms with van der Waals surface area (Å²) in [5.74, 6) is 0.819. The minimum Gasteiger partial charge on any atom is -0.495 e. The molecule has 1 unspecified atom stereocenters. The lowest BCUT2D eigenvalue weighted by Crippen LogP contribution is -2.45. The van der Waals surface area contributed by atoms with Gasteiger partial charge in [0.25, 0.3) is 5.91 Å². The van der Waals surface area contributed by atoms with Crippen LogP contribution in [-0.2, 0) is 9.59 Å². The van der Waals surface area contributed by atoms with Crippen LogP contribution >= 0.6 is 0 Å². The van der Waals surface area contributed by atoms with E-state index in [0.717, 1.165) is 0 Å². The van der Waals surface area contributed by atoms with E-state index in [1.165, 1.54) is 7.11 Å². The Bertz CT molecular complexity index is 837. The topological polar surface area (TPSA) is 93.9 Å². The second kappa shape index (κ2) is 7.35. The Kier molecular flexibility index (Phi) is 4.97. The quantitative estimate of drug-likeness (QED) is 0.804. The van der Waals surface area contributed by atoms with Crippen molar-refractivity contribution in [2.75, 3.05) is 29.6 Å². The second-order valence-corrected chi connectivity index (χ2v) is 5.97. The Balaban J connectivity index is 1.66. The van der Waals surface area contributed by atoms with Crippen LogP contribution in [0.4, 0.5) is 17.1 Å². The molecule has 7 heteroatoms. The van der Waals surface area contributed by atoms with Crippen molar-refractivity contribution < 1.29 is 19.1 Å². The zero-order valence-electron chi connectivity index (χ0n) is 14.7. The van der Waals surface area contributed by atoms with Gasteiger partial charge in [0.15, 0.2) is 6.10 Å². The maximum atomic E-state index is 12.4. The SMILES string of the molecule is COc1ccc(NC(=O)CCN2C(=O)C(C)Oc3ccccc32)cc1N. The molecule has 0 fully saturated rings. The first kappa shape index (κ1) is 17.6. The predicted octanol–water partition coefficient (Wildman–Crippen LogP) is 2.42. The van der Waals surface area contributed by atoms with Crippen molar-refractivity contribution in [1.29, 1.82) is 0 Å². The van der Waals surface area contributed by atoms with Crippen molar-refractivity contribution in [3.63, 3.8) is 0 Å². The van der Waals surface area contributed by atoms with Crippen LogP contribution in [0.3, 0.4) is 0 Å². The van der Waals surface area contributed by atoms with Crippen LogP contribution in [-0.4, -0.2) is 31.6 Å². The van der Waals surface area contributed by atoms with Gasteiger partial charge in [0.05, 0.1) is 18.5 Å². The third-order valence-corrected chi connectivity index (χ3v) is 4.15. The molecule has 2 aromatic rings. The molecule has 2 aromatic carbocycles. The highest BCUT2D eigenvalue weighted by Crippen LogP contribution is 2.33. The number of rotatable bonds is 5. The minimum absolute atomic E-state index is 0.152. The molecule has 0 aliphatic carbocycles. The van der Waals surface area contributed by atoms with E-state index in [9.17, 15) is 9.59 Å². The van der Waals surface area contributed by atoms with Crippen molar-refractivity contribution in [2.24, 2.45) is 0 Å². The number of amides is 2. The zero-order valence-corrected chi connectivity index (χ0v) is 14.7. The lowest BCUT2D eigenvalue weighted by Gasteiger charge is -2.32. The van der Waals surface area contributed by atoms with E-state index in [0.29, 0.717) is 28.6 Å². The standard InChI is InChI=1S/C19H21N3O4/c1-12-19(24)22(15-5-3-4-6-17(15)26-12)10-9-18(23)21-13-7-8-16(25-2)14(20)11-13/h3-8,11-12H,9-10,20H2,1-2H3,(H,21,23). The van der Waals surface area contributed by atoms with Crippen LogP contribution in [0.2, 0.25) is 0 Å². The summed E-state index contributed by atoms with van der Waals surface area (Å²) < 4.78 is 10.7. The van der Waals surface area contributed by atoms with Gasteiger partial charge < -0.3 is 25.4 Å². The summed E-state index contributed by atoms with van der Waals surface area (Å²) in [5, 5.41) is 2.78. The highest BCUT2D eigenvalue weighted by Gasteiger charge is 2.31. The number of ether oxygens (including phenoxy) is 2. The largest absolute Gasteiger partial charge is 0.495 e. The van der Waals surface area contributed by atoms with Crippen molar-refractivity contribution >= 4 is 28.9 Å². The average molecular weight is 355 g/mol. The number of hydrogen-bond donors (Lipinski definition) is 2. The van der Waals surface area contributed by atoms with Crippen molar-refractivity contribution in [3.05, 3.63) is 42.5 Å². The summed E-state index contributed by atoms with van der Waals surface area (Å²) in [6.45, 7) is 1.96. The summed E-state index contributed by atoms with van der Waals surface area (Å²) in [4.78, 5) is 26.3. The molecule has 1 aliphatic heterocycles. The molecule has 0 saturated heterocycles. The molecule has 1 atom stereocenters. The maximum Gasteiger partial charge on any atom is 0.267 e. The summed E-state index contributed by atoms with van der Waals surface area (Å²) >= 11 is 0. The third kappa shape index (κ3) is 3.56. The second-order valence-electron chi connectivity index (χ2n) is 5.97. The maximum absolute atomic E-state index is 12.4. The minimum atomic E-state index is -0.575. The van der Waals surface area contributed by atoms with Crippen LogP contribution in [0.15, 0.2) is 42.5 Å². The van der Waals surface area contributed by atoms with Crippen molar-refractivity contribution in [2.45, 2.75) is 19.4 Å². The molecule has 2 amide bonds. The monoisotopic (exact) mass is 355 g/mol. The molecule has 0 saturated carbocycles. The van der Waals surface area contributed by atoms with Gasteiger partial charge in [0, 0.05) is 18.7 Å². The van der Waals surface area contributed by atoms with Gasteiger partial charge in [-0.2, -0.15) is 0 Å². The van der Waals surface area contributed by atoms with Gasteiger partial charge >= 0.3 is 0 Å². The molecule has 0 radical (unpaired) electrons. The molecule has 7 nitrogen and oxygen atoms in total. The molecule has 0 bridgehead atoms. The summed E-state index contributed by atoms with van der Waals surface area (Å²) in [6, 6.07) is 12.3. The number of methoxy groups -OCH3 is 1. The molecule has 1 aliphatic rings. The molecule has 0 spiro atoms. The van der Waals surface area contributed by atoms with Gasteiger partial charge in [-0.3, -0.25) is 9.59 Å². The molecule has 1 heterocycles. The number of nitrogens with one attached hydrogen (secondary N) is 1. The van der Waals surface area contributed by atoms with E-state index in [2.05, 4.69) is 5.32 Å². The molecule has 0 aromatic heterocycles. The predicted molar refractivity (Wildman–Crippen MR) is 99.5 cm³/mol. The van der Waals surface area contributed by atoms with Gasteiger partial charge in [0.2, 0.25) is 5.91 Å². The first-order chi connectivity index (χ1) is 12.5. The highest BCUT2D eigenvalue weighted by atomic mass is 16.5. The smallest absolute Gasteiger partial charge is 0.267 e. The van der Waals surface area contributed by atoms with Crippen molar-refractivity contribution in [1.82, 2.24) is 0 Å². The number of carbonyl (C=O) groups is 2. The number of nitrogens with zero attached hydrogens (tertiary/aromatic N) is 1. The fraction of sp³-hybridized carbons (Fsp3) is 0.263. The fourth-order valence-electron chi connectivity index (χ4n) is 2.84. The number of para-hydroxylation sites is 2. The number of nitrogen functional groups attached to an aromatic ring is 1. The molecule has 3 rings (SSSR count). The van der Waals surface area contributed by atoms with Gasteiger partial charge in [-0.05, 0) is 37.3 Å². The number of benzene rings is 2. The summed E-state index contributed by atoms with van der Waals surface area (Å²) in [6.07, 6.45) is -0.423. The van der Waals surface area contributed by atoms with Crippen molar-refractivity contribution in [3.8, 4) is 11.5 Å². The van der Waals surface area contributed by atoms with Crippen LogP contribution in [0.5, 0.6) is 11.5 Å². The Morgan fingerprint density at radius 3 is 2.81 bits per heavy atom. The number of hydrogen-bond acceptors (Lipinski definition) is 5. The number of nitrogens with two attached hydrogens (primary N) is 1. The zero-order chi connectivity index (χ0) is 18.7. The van der Waals surface area contributed by atoms with Gasteiger partial charge in [0.1, 0.15) is 11.5 Å². The summed E-state index contributed by atoms with van der Waals surface area (Å²) in [5.41, 5.74) is 7.54. The third-order valence-electron chi connectivity index (χ3n) is 4.15. The lowest BCUT2D eigenvalue weighted by atomic mass is 10.1. The molecule has 26 heavy (non-hydrogen) atoms. The number of anilines is 3. The van der Waals surface area contributed by atoms with Gasteiger partial charge in [-0.15, -0.1) is 0 Å². The fourth-order valence-corrected chi connectivity index (χ4v) is 2.84. The van der Waals surface area contributed by atoms with E-state index in [-0.39, 0.29) is 24.8 Å². The van der Waals surface area contributed by atoms with E-state index < -0.39 is 6.10 Å². The Hall–Kier alpha value is -3.22. The van der Waals surface area contributed by atoms with Crippen LogP contribution in [0.1, 0.15) is 13.3 Å². The Labute approximate surface area is 151 Å². The molecular formula is C19H21N3O4. The van der Waals surface area contributed by atoms with E-state index in [1.54, 1.807) is 36.1 Å². The van der Waals surface area contributed by atoms with Gasteiger partial charge in [-0.1, -0.05) is 12.1 Å². The Morgan fingerprint density at radius 1 is 1.31 bits per heavy atom. The summed E-state index contributed by atoms with van der Waals surface area (Å²) in [7, 11) is 1.53. The molecular weight excluding hydrogens is 334 g/mol. The van der Waals surface area contributed by atoms with E-state index in [4.69, 9.17) is 15.2 Å². The molecule has 136 valence electrons. The Morgan fingerprint density at radius 2 is 2.08 bits per heavy atom. The number of carbonyl (C=O) groups excluding carboxylic acids is 2. The highest BCUT2D eigenvalue weighted by molar-refractivity contribution is 6.00. The van der Waals surface area contributed by atoms with Gasteiger partial charge in [-0.25, -0.2) is 0 Å². The average Bonchev–Trinajstić information content (AvgIpc) is 2.62. The number of fused-ring (bicyclic) bond motifs is 1. The van der Waals surface area contributed by atoms with E-state index >= 15 is 0 Å². The first-order valence-corrected chi connectivity index (χ1v) is 8.30. The normalized spacial score (nSPS) is 15.8. The first-order valence-electron chi connectivity index (χ1n) is 8.30. The van der Waals surface area contributed by atoms with E-state index in [1.807, 2.05) is 18.2 Å². The lowest BCUT2D eigenvalue weighted by molar-refractivity contribution is -0.125. The van der Waals surface area contributed by atoms with Crippen LogP contribution in [0.25, 0.3) is 0 Å². The van der Waals surface area contributed by atoms with Crippen LogP contribution in [0, 0.1) is 0 Å². The van der Waals surface area contributed by atoms with Crippen LogP contribution < -0.4 is 25.4 Å².